The van der Waals surface area contributed by atoms with E-state index < -0.39 is 0 Å². The Morgan fingerprint density at radius 1 is 1.35 bits per heavy atom. The van der Waals surface area contributed by atoms with Gasteiger partial charge in [0.2, 0.25) is 5.91 Å². The van der Waals surface area contributed by atoms with Gasteiger partial charge in [0.25, 0.3) is 0 Å². The highest BCUT2D eigenvalue weighted by Gasteiger charge is 2.47. The van der Waals surface area contributed by atoms with Crippen LogP contribution in [0.2, 0.25) is 0 Å². The number of anilines is 1. The summed E-state index contributed by atoms with van der Waals surface area (Å²) in [5, 5.41) is 8.93. The van der Waals surface area contributed by atoms with E-state index in [1.165, 1.54) is 0 Å². The Bertz CT molecular complexity index is 579. The first-order valence-electron chi connectivity index (χ1n) is 7.02. The van der Waals surface area contributed by atoms with Crippen LogP contribution in [0.5, 0.6) is 0 Å². The maximum atomic E-state index is 12.5. The Labute approximate surface area is 118 Å². The average molecular weight is 270 g/mol. The first-order chi connectivity index (χ1) is 9.64. The monoisotopic (exact) mass is 270 g/mol. The highest BCUT2D eigenvalue weighted by Crippen LogP contribution is 2.40. The van der Waals surface area contributed by atoms with E-state index in [1.54, 1.807) is 6.07 Å². The molecule has 1 amide bonds. The molecular formula is C15H18N4O. The smallest absolute Gasteiger partial charge is 0.230 e. The molecule has 0 aromatic carbocycles. The molecule has 2 aliphatic heterocycles. The van der Waals surface area contributed by atoms with E-state index in [1.807, 2.05) is 24.1 Å². The molecule has 0 radical (unpaired) electrons. The Morgan fingerprint density at radius 2 is 2.20 bits per heavy atom. The molecule has 0 aliphatic carbocycles. The zero-order chi connectivity index (χ0) is 14.2. The minimum Gasteiger partial charge on any atom is -0.355 e. The topological polar surface area (TPSA) is 60.2 Å². The maximum absolute atomic E-state index is 12.5. The molecule has 2 fully saturated rings. The number of pyridine rings is 1. The molecule has 5 heteroatoms. The summed E-state index contributed by atoms with van der Waals surface area (Å²) < 4.78 is 0. The number of rotatable bonds is 1. The number of hydrogen-bond acceptors (Lipinski definition) is 4. The summed E-state index contributed by atoms with van der Waals surface area (Å²) in [5.74, 6) is 1.07. The summed E-state index contributed by atoms with van der Waals surface area (Å²) in [6.45, 7) is 2.42. The zero-order valence-corrected chi connectivity index (χ0v) is 11.7. The molecule has 3 heterocycles. The van der Waals surface area contributed by atoms with Crippen molar-refractivity contribution in [2.45, 2.75) is 19.3 Å². The number of aromatic nitrogens is 1. The van der Waals surface area contributed by atoms with Crippen molar-refractivity contribution in [3.05, 3.63) is 23.9 Å². The van der Waals surface area contributed by atoms with Crippen LogP contribution in [0.3, 0.4) is 0 Å². The van der Waals surface area contributed by atoms with E-state index in [0.717, 1.165) is 44.7 Å². The molecular weight excluding hydrogens is 252 g/mol. The third-order valence-electron chi connectivity index (χ3n) is 4.48. The SMILES string of the molecule is CN1CCC[C@]2(CCN(c3cccc(C#N)n3)C2)C1=O. The number of nitriles is 1. The number of nitrogens with zero attached hydrogens (tertiary/aromatic N) is 4. The van der Waals surface area contributed by atoms with Crippen molar-refractivity contribution in [1.29, 1.82) is 5.26 Å². The van der Waals surface area contributed by atoms with Gasteiger partial charge in [0.05, 0.1) is 5.41 Å². The van der Waals surface area contributed by atoms with Gasteiger partial charge in [0, 0.05) is 26.7 Å². The second kappa shape index (κ2) is 4.78. The fourth-order valence-electron chi connectivity index (χ4n) is 3.38. The van der Waals surface area contributed by atoms with Gasteiger partial charge in [-0.1, -0.05) is 6.07 Å². The van der Waals surface area contributed by atoms with Crippen LogP contribution in [0.15, 0.2) is 18.2 Å². The Balaban J connectivity index is 1.82. The lowest BCUT2D eigenvalue weighted by atomic mass is 9.78. The minimum atomic E-state index is -0.239. The van der Waals surface area contributed by atoms with E-state index in [-0.39, 0.29) is 11.3 Å². The molecule has 5 nitrogen and oxygen atoms in total. The van der Waals surface area contributed by atoms with E-state index >= 15 is 0 Å². The molecule has 1 aromatic rings. The number of hydrogen-bond donors (Lipinski definition) is 0. The van der Waals surface area contributed by atoms with Crippen molar-refractivity contribution in [3.8, 4) is 6.07 Å². The van der Waals surface area contributed by atoms with Crippen molar-refractivity contribution in [3.63, 3.8) is 0 Å². The lowest BCUT2D eigenvalue weighted by molar-refractivity contribution is -0.143. The molecule has 104 valence electrons. The van der Waals surface area contributed by atoms with Gasteiger partial charge in [0.15, 0.2) is 0 Å². The van der Waals surface area contributed by atoms with Crippen LogP contribution < -0.4 is 4.90 Å². The average Bonchev–Trinajstić information content (AvgIpc) is 2.90. The predicted octanol–water partition coefficient (Wildman–Crippen LogP) is 1.40. The molecule has 20 heavy (non-hydrogen) atoms. The Morgan fingerprint density at radius 3 is 3.00 bits per heavy atom. The van der Waals surface area contributed by atoms with Crippen molar-refractivity contribution >= 4 is 11.7 Å². The maximum Gasteiger partial charge on any atom is 0.230 e. The predicted molar refractivity (Wildman–Crippen MR) is 75.1 cm³/mol. The fourth-order valence-corrected chi connectivity index (χ4v) is 3.38. The first-order valence-corrected chi connectivity index (χ1v) is 7.02. The van der Waals surface area contributed by atoms with E-state index in [4.69, 9.17) is 5.26 Å². The highest BCUT2D eigenvalue weighted by molar-refractivity contribution is 5.84. The Kier molecular flexibility index (Phi) is 3.09. The fraction of sp³-hybridized carbons (Fsp3) is 0.533. The molecule has 1 atom stereocenters. The van der Waals surface area contributed by atoms with E-state index in [0.29, 0.717) is 5.69 Å². The zero-order valence-electron chi connectivity index (χ0n) is 11.7. The summed E-state index contributed by atoms with van der Waals surface area (Å²) in [7, 11) is 1.89. The lowest BCUT2D eigenvalue weighted by Crippen LogP contribution is -2.48. The largest absolute Gasteiger partial charge is 0.355 e. The van der Waals surface area contributed by atoms with E-state index in [9.17, 15) is 4.79 Å². The van der Waals surface area contributed by atoms with Crippen LogP contribution in [0.1, 0.15) is 25.0 Å². The second-order valence-electron chi connectivity index (χ2n) is 5.77. The third-order valence-corrected chi connectivity index (χ3v) is 4.48. The van der Waals surface area contributed by atoms with Gasteiger partial charge in [-0.3, -0.25) is 4.79 Å². The third kappa shape index (κ3) is 2.01. The number of carbonyl (C=O) groups excluding carboxylic acids is 1. The molecule has 1 spiro atoms. The van der Waals surface area contributed by atoms with Gasteiger partial charge in [-0.25, -0.2) is 4.98 Å². The molecule has 2 saturated heterocycles. The summed E-state index contributed by atoms with van der Waals surface area (Å²) in [6.07, 6.45) is 2.92. The highest BCUT2D eigenvalue weighted by atomic mass is 16.2. The van der Waals surface area contributed by atoms with Crippen LogP contribution in [0.4, 0.5) is 5.82 Å². The summed E-state index contributed by atoms with van der Waals surface area (Å²) in [5.41, 5.74) is 0.188. The minimum absolute atomic E-state index is 0.239. The van der Waals surface area contributed by atoms with Gasteiger partial charge < -0.3 is 9.80 Å². The number of piperidine rings is 1. The molecule has 2 aliphatic rings. The lowest BCUT2D eigenvalue weighted by Gasteiger charge is -2.37. The molecule has 0 unspecified atom stereocenters. The summed E-state index contributed by atoms with van der Waals surface area (Å²) in [6, 6.07) is 7.53. The summed E-state index contributed by atoms with van der Waals surface area (Å²) in [4.78, 5) is 20.8. The molecule has 3 rings (SSSR count). The number of carbonyl (C=O) groups is 1. The molecule has 1 aromatic heterocycles. The molecule has 0 N–H and O–H groups in total. The van der Waals surface area contributed by atoms with Crippen LogP contribution in [0.25, 0.3) is 0 Å². The van der Waals surface area contributed by atoms with Gasteiger partial charge in [-0.15, -0.1) is 0 Å². The first kappa shape index (κ1) is 12.9. The van der Waals surface area contributed by atoms with Crippen LogP contribution >= 0.6 is 0 Å². The Hall–Kier alpha value is -2.09. The van der Waals surface area contributed by atoms with Gasteiger partial charge >= 0.3 is 0 Å². The quantitative estimate of drug-likeness (QED) is 0.774. The van der Waals surface area contributed by atoms with Crippen molar-refractivity contribution in [2.75, 3.05) is 31.6 Å². The number of amides is 1. The van der Waals surface area contributed by atoms with Gasteiger partial charge in [0.1, 0.15) is 17.6 Å². The van der Waals surface area contributed by atoms with Gasteiger partial charge in [-0.05, 0) is 31.4 Å². The van der Waals surface area contributed by atoms with Crippen molar-refractivity contribution < 1.29 is 4.79 Å². The van der Waals surface area contributed by atoms with Gasteiger partial charge in [-0.2, -0.15) is 5.26 Å². The summed E-state index contributed by atoms with van der Waals surface area (Å²) >= 11 is 0. The van der Waals surface area contributed by atoms with Crippen molar-refractivity contribution in [2.24, 2.45) is 5.41 Å². The van der Waals surface area contributed by atoms with Crippen molar-refractivity contribution in [1.82, 2.24) is 9.88 Å². The van der Waals surface area contributed by atoms with Crippen LogP contribution in [-0.2, 0) is 4.79 Å². The molecule has 0 saturated carbocycles. The second-order valence-corrected chi connectivity index (χ2v) is 5.77. The van der Waals surface area contributed by atoms with Crippen LogP contribution in [0, 0.1) is 16.7 Å². The number of likely N-dealkylation sites (tertiary alicyclic amines) is 1. The standard InChI is InChI=1S/C15H18N4O/c1-18-8-3-6-15(14(18)20)7-9-19(11-15)13-5-2-4-12(10-16)17-13/h2,4-5H,3,6-9,11H2,1H3/t15-/m1/s1. The van der Waals surface area contributed by atoms with E-state index in [2.05, 4.69) is 16.0 Å². The van der Waals surface area contributed by atoms with Crippen LogP contribution in [-0.4, -0.2) is 42.5 Å². The normalized spacial score (nSPS) is 26.1. The molecule has 0 bridgehead atoms.